The van der Waals surface area contributed by atoms with E-state index in [9.17, 15) is 0 Å². The van der Waals surface area contributed by atoms with Crippen LogP contribution in [0.1, 0.15) is 24.8 Å². The van der Waals surface area contributed by atoms with Gasteiger partial charge in [-0.1, -0.05) is 37.3 Å². The fourth-order valence-electron chi connectivity index (χ4n) is 2.51. The molecule has 2 N–H and O–H groups in total. The SMILES string of the molecule is CC(C(N)Cc1nc(-c2ccccc2)cs1)C1CC1. The third-order valence-electron chi connectivity index (χ3n) is 4.07. The van der Waals surface area contributed by atoms with Gasteiger partial charge in [-0.05, 0) is 24.7 Å². The summed E-state index contributed by atoms with van der Waals surface area (Å²) in [6, 6.07) is 10.6. The maximum atomic E-state index is 6.30. The topological polar surface area (TPSA) is 38.9 Å². The van der Waals surface area contributed by atoms with Gasteiger partial charge in [-0.2, -0.15) is 0 Å². The highest BCUT2D eigenvalue weighted by Gasteiger charge is 2.31. The Morgan fingerprint density at radius 2 is 2.05 bits per heavy atom. The van der Waals surface area contributed by atoms with Crippen molar-refractivity contribution in [2.24, 2.45) is 17.6 Å². The lowest BCUT2D eigenvalue weighted by Gasteiger charge is -2.17. The highest BCUT2D eigenvalue weighted by atomic mass is 32.1. The zero-order chi connectivity index (χ0) is 13.2. The average Bonchev–Trinajstić information content (AvgIpc) is 3.19. The highest BCUT2D eigenvalue weighted by molar-refractivity contribution is 7.09. The quantitative estimate of drug-likeness (QED) is 0.901. The zero-order valence-electron chi connectivity index (χ0n) is 11.3. The summed E-state index contributed by atoms with van der Waals surface area (Å²) in [6.07, 6.45) is 3.64. The van der Waals surface area contributed by atoms with Gasteiger partial charge in [-0.15, -0.1) is 11.3 Å². The molecule has 19 heavy (non-hydrogen) atoms. The molecule has 0 saturated heterocycles. The smallest absolute Gasteiger partial charge is 0.0948 e. The molecule has 0 amide bonds. The van der Waals surface area contributed by atoms with E-state index in [2.05, 4.69) is 36.6 Å². The lowest BCUT2D eigenvalue weighted by atomic mass is 9.95. The minimum absolute atomic E-state index is 0.252. The van der Waals surface area contributed by atoms with E-state index in [-0.39, 0.29) is 6.04 Å². The summed E-state index contributed by atoms with van der Waals surface area (Å²) >= 11 is 1.73. The molecular formula is C16H20N2S. The Labute approximate surface area is 118 Å². The molecule has 0 radical (unpaired) electrons. The normalized spacial score (nSPS) is 18.2. The molecule has 2 unspecified atom stereocenters. The number of benzene rings is 1. The van der Waals surface area contributed by atoms with E-state index >= 15 is 0 Å². The molecule has 0 bridgehead atoms. The molecule has 2 nitrogen and oxygen atoms in total. The second kappa shape index (κ2) is 5.43. The van der Waals surface area contributed by atoms with Crippen LogP contribution in [0.5, 0.6) is 0 Å². The van der Waals surface area contributed by atoms with Gasteiger partial charge in [0.1, 0.15) is 0 Å². The van der Waals surface area contributed by atoms with Crippen LogP contribution in [-0.4, -0.2) is 11.0 Å². The minimum atomic E-state index is 0.252. The van der Waals surface area contributed by atoms with Crippen LogP contribution in [0.25, 0.3) is 11.3 Å². The zero-order valence-corrected chi connectivity index (χ0v) is 12.1. The first-order valence-electron chi connectivity index (χ1n) is 6.99. The number of rotatable bonds is 5. The van der Waals surface area contributed by atoms with Crippen LogP contribution < -0.4 is 5.73 Å². The fraction of sp³-hybridized carbons (Fsp3) is 0.438. The Hall–Kier alpha value is -1.19. The van der Waals surface area contributed by atoms with E-state index < -0.39 is 0 Å². The number of aromatic nitrogens is 1. The molecule has 1 aliphatic carbocycles. The molecule has 1 aromatic heterocycles. The molecule has 3 rings (SSSR count). The number of hydrogen-bond acceptors (Lipinski definition) is 3. The van der Waals surface area contributed by atoms with Crippen LogP contribution in [0.2, 0.25) is 0 Å². The van der Waals surface area contributed by atoms with E-state index in [0.717, 1.165) is 18.0 Å². The van der Waals surface area contributed by atoms with Crippen molar-refractivity contribution in [3.63, 3.8) is 0 Å². The van der Waals surface area contributed by atoms with Gasteiger partial charge >= 0.3 is 0 Å². The molecule has 0 spiro atoms. The lowest BCUT2D eigenvalue weighted by molar-refractivity contribution is 0.404. The van der Waals surface area contributed by atoms with Crippen LogP contribution in [0.4, 0.5) is 0 Å². The predicted octanol–water partition coefficient (Wildman–Crippen LogP) is 3.73. The summed E-state index contributed by atoms with van der Waals surface area (Å²) in [6.45, 7) is 2.29. The first-order chi connectivity index (χ1) is 9.24. The predicted molar refractivity (Wildman–Crippen MR) is 81.1 cm³/mol. The van der Waals surface area contributed by atoms with Crippen LogP contribution in [0.15, 0.2) is 35.7 Å². The number of nitrogens with zero attached hydrogens (tertiary/aromatic N) is 1. The maximum Gasteiger partial charge on any atom is 0.0948 e. The number of thiazole rings is 1. The van der Waals surface area contributed by atoms with Gasteiger partial charge in [0, 0.05) is 23.4 Å². The maximum absolute atomic E-state index is 6.30. The number of hydrogen-bond donors (Lipinski definition) is 1. The first-order valence-corrected chi connectivity index (χ1v) is 7.87. The Kier molecular flexibility index (Phi) is 3.67. The Morgan fingerprint density at radius 3 is 2.74 bits per heavy atom. The summed E-state index contributed by atoms with van der Waals surface area (Å²) in [5, 5.41) is 3.30. The van der Waals surface area contributed by atoms with E-state index in [4.69, 9.17) is 10.7 Å². The van der Waals surface area contributed by atoms with Gasteiger partial charge in [-0.3, -0.25) is 0 Å². The fourth-order valence-corrected chi connectivity index (χ4v) is 3.38. The molecule has 1 aliphatic rings. The lowest BCUT2D eigenvalue weighted by Crippen LogP contribution is -2.31. The second-order valence-electron chi connectivity index (χ2n) is 5.56. The molecule has 1 saturated carbocycles. The Balaban J connectivity index is 1.68. The van der Waals surface area contributed by atoms with Crippen LogP contribution in [-0.2, 0) is 6.42 Å². The molecule has 1 aromatic carbocycles. The first kappa shape index (κ1) is 12.8. The van der Waals surface area contributed by atoms with Crippen LogP contribution >= 0.6 is 11.3 Å². The molecule has 2 aromatic rings. The third kappa shape index (κ3) is 3.04. The van der Waals surface area contributed by atoms with E-state index in [1.165, 1.54) is 23.4 Å². The monoisotopic (exact) mass is 272 g/mol. The molecule has 1 heterocycles. The van der Waals surface area contributed by atoms with Crippen molar-refractivity contribution in [2.45, 2.75) is 32.2 Å². The summed E-state index contributed by atoms with van der Waals surface area (Å²) in [5.41, 5.74) is 8.57. The van der Waals surface area contributed by atoms with Crippen molar-refractivity contribution in [2.75, 3.05) is 0 Å². The molecule has 0 aliphatic heterocycles. The van der Waals surface area contributed by atoms with Crippen LogP contribution in [0, 0.1) is 11.8 Å². The van der Waals surface area contributed by atoms with Gasteiger partial charge < -0.3 is 5.73 Å². The standard InChI is InChI=1S/C16H20N2S/c1-11(12-7-8-12)14(17)9-16-18-15(10-19-16)13-5-3-2-4-6-13/h2-6,10-12,14H,7-9,17H2,1H3. The van der Waals surface area contributed by atoms with Crippen molar-refractivity contribution < 1.29 is 0 Å². The number of nitrogens with two attached hydrogens (primary N) is 1. The minimum Gasteiger partial charge on any atom is -0.327 e. The van der Waals surface area contributed by atoms with Crippen molar-refractivity contribution in [3.05, 3.63) is 40.7 Å². The third-order valence-corrected chi connectivity index (χ3v) is 4.94. The van der Waals surface area contributed by atoms with E-state index in [0.29, 0.717) is 5.92 Å². The van der Waals surface area contributed by atoms with E-state index in [1.54, 1.807) is 11.3 Å². The molecule has 2 atom stereocenters. The van der Waals surface area contributed by atoms with Gasteiger partial charge in [0.2, 0.25) is 0 Å². The molecular weight excluding hydrogens is 252 g/mol. The van der Waals surface area contributed by atoms with Gasteiger partial charge in [-0.25, -0.2) is 4.98 Å². The highest BCUT2D eigenvalue weighted by Crippen LogP contribution is 2.38. The van der Waals surface area contributed by atoms with Gasteiger partial charge in [0.25, 0.3) is 0 Å². The summed E-state index contributed by atoms with van der Waals surface area (Å²) in [7, 11) is 0. The van der Waals surface area contributed by atoms with Gasteiger partial charge in [0.05, 0.1) is 10.7 Å². The molecule has 3 heteroatoms. The molecule has 1 fully saturated rings. The average molecular weight is 272 g/mol. The summed E-state index contributed by atoms with van der Waals surface area (Å²) < 4.78 is 0. The Morgan fingerprint density at radius 1 is 1.32 bits per heavy atom. The van der Waals surface area contributed by atoms with E-state index in [1.807, 2.05) is 6.07 Å². The van der Waals surface area contributed by atoms with Crippen molar-refractivity contribution in [1.29, 1.82) is 0 Å². The van der Waals surface area contributed by atoms with Crippen molar-refractivity contribution in [3.8, 4) is 11.3 Å². The largest absolute Gasteiger partial charge is 0.327 e. The van der Waals surface area contributed by atoms with Gasteiger partial charge in [0.15, 0.2) is 0 Å². The molecule has 100 valence electrons. The second-order valence-corrected chi connectivity index (χ2v) is 6.50. The van der Waals surface area contributed by atoms with Crippen LogP contribution in [0.3, 0.4) is 0 Å². The van der Waals surface area contributed by atoms with Crippen molar-refractivity contribution in [1.82, 2.24) is 4.98 Å². The summed E-state index contributed by atoms with van der Waals surface area (Å²) in [4.78, 5) is 4.72. The summed E-state index contributed by atoms with van der Waals surface area (Å²) in [5.74, 6) is 1.49. The van der Waals surface area contributed by atoms with Crippen molar-refractivity contribution >= 4 is 11.3 Å². The Bertz CT molecular complexity index is 531.